The third kappa shape index (κ3) is 6.34. The first-order valence-corrected chi connectivity index (χ1v) is 12.7. The number of piperazine rings is 1. The number of aromatic hydroxyl groups is 1. The number of aromatic nitrogens is 2. The van der Waals surface area contributed by atoms with Gasteiger partial charge < -0.3 is 30.9 Å². The number of carbonyl (C=O) groups is 1. The number of benzene rings is 3. The average molecular weight is 522 g/mol. The van der Waals surface area contributed by atoms with Crippen molar-refractivity contribution in [3.8, 4) is 16.9 Å². The number of phenolic OH excluding ortho intramolecular Hbond substituents is 1. The molecule has 39 heavy (non-hydrogen) atoms. The van der Waals surface area contributed by atoms with Gasteiger partial charge in [-0.2, -0.15) is 4.98 Å². The monoisotopic (exact) mass is 521 g/mol. The Morgan fingerprint density at radius 3 is 2.31 bits per heavy atom. The van der Waals surface area contributed by atoms with Crippen LogP contribution in [0.1, 0.15) is 0 Å². The van der Waals surface area contributed by atoms with Gasteiger partial charge in [-0.3, -0.25) is 4.79 Å². The fourth-order valence-electron chi connectivity index (χ4n) is 4.35. The SMILES string of the molecule is C=CC(=O)Nc1ccccc1Nc1nc(Nc2ccc(N3CCN(C)CC3)cc2)ncc1-c1ccc(O)cc1. The number of anilines is 6. The maximum Gasteiger partial charge on any atom is 0.247 e. The van der Waals surface area contributed by atoms with Crippen molar-refractivity contribution in [3.05, 3.63) is 91.6 Å². The number of hydrogen-bond acceptors (Lipinski definition) is 8. The second-order valence-electron chi connectivity index (χ2n) is 9.33. The van der Waals surface area contributed by atoms with Crippen molar-refractivity contribution >= 4 is 40.4 Å². The molecule has 9 heteroatoms. The van der Waals surface area contributed by atoms with Crippen LogP contribution in [0.15, 0.2) is 91.6 Å². The minimum Gasteiger partial charge on any atom is -0.508 e. The van der Waals surface area contributed by atoms with Gasteiger partial charge in [-0.1, -0.05) is 30.8 Å². The Kier molecular flexibility index (Phi) is 7.70. The predicted molar refractivity (Wildman–Crippen MR) is 157 cm³/mol. The summed E-state index contributed by atoms with van der Waals surface area (Å²) in [5, 5.41) is 19.2. The van der Waals surface area contributed by atoms with Gasteiger partial charge in [0.15, 0.2) is 0 Å². The van der Waals surface area contributed by atoms with E-state index in [0.29, 0.717) is 23.1 Å². The molecule has 0 saturated carbocycles. The molecule has 0 aliphatic carbocycles. The molecule has 0 unspecified atom stereocenters. The molecule has 0 atom stereocenters. The van der Waals surface area contributed by atoms with Crippen LogP contribution >= 0.6 is 0 Å². The molecule has 1 aromatic heterocycles. The van der Waals surface area contributed by atoms with Crippen LogP contribution in [0.25, 0.3) is 11.1 Å². The third-order valence-corrected chi connectivity index (χ3v) is 6.58. The molecule has 2 heterocycles. The molecule has 1 saturated heterocycles. The molecule has 198 valence electrons. The van der Waals surface area contributed by atoms with Crippen LogP contribution in [0, 0.1) is 0 Å². The topological polar surface area (TPSA) is 106 Å². The minimum atomic E-state index is -0.312. The molecular formula is C30H31N7O2. The molecule has 1 fully saturated rings. The van der Waals surface area contributed by atoms with Crippen molar-refractivity contribution in [1.82, 2.24) is 14.9 Å². The first-order chi connectivity index (χ1) is 19.0. The Morgan fingerprint density at radius 1 is 0.923 bits per heavy atom. The molecule has 0 spiro atoms. The second-order valence-corrected chi connectivity index (χ2v) is 9.33. The van der Waals surface area contributed by atoms with Gasteiger partial charge in [-0.15, -0.1) is 0 Å². The molecule has 1 aliphatic heterocycles. The van der Waals surface area contributed by atoms with Crippen molar-refractivity contribution in [2.45, 2.75) is 0 Å². The number of rotatable bonds is 8. The highest BCUT2D eigenvalue weighted by atomic mass is 16.3. The van der Waals surface area contributed by atoms with E-state index in [-0.39, 0.29) is 11.7 Å². The van der Waals surface area contributed by atoms with E-state index < -0.39 is 0 Å². The smallest absolute Gasteiger partial charge is 0.247 e. The van der Waals surface area contributed by atoms with E-state index in [1.165, 1.54) is 11.8 Å². The number of nitrogens with one attached hydrogen (secondary N) is 3. The Labute approximate surface area is 227 Å². The number of nitrogens with zero attached hydrogens (tertiary/aromatic N) is 4. The van der Waals surface area contributed by atoms with Crippen molar-refractivity contribution in [3.63, 3.8) is 0 Å². The van der Waals surface area contributed by atoms with Crippen LogP contribution in [0.4, 0.5) is 34.5 Å². The summed E-state index contributed by atoms with van der Waals surface area (Å²) >= 11 is 0. The van der Waals surface area contributed by atoms with Gasteiger partial charge in [0.25, 0.3) is 0 Å². The van der Waals surface area contributed by atoms with Gasteiger partial charge in [0.2, 0.25) is 11.9 Å². The fraction of sp³-hybridized carbons (Fsp3) is 0.167. The molecule has 4 N–H and O–H groups in total. The summed E-state index contributed by atoms with van der Waals surface area (Å²) in [6, 6.07) is 22.5. The summed E-state index contributed by atoms with van der Waals surface area (Å²) in [5.74, 6) is 0.811. The number of phenols is 1. The van der Waals surface area contributed by atoms with Crippen molar-refractivity contribution < 1.29 is 9.90 Å². The zero-order chi connectivity index (χ0) is 27.2. The lowest BCUT2D eigenvalue weighted by molar-refractivity contribution is -0.111. The maximum absolute atomic E-state index is 12.0. The van der Waals surface area contributed by atoms with E-state index in [4.69, 9.17) is 4.98 Å². The summed E-state index contributed by atoms with van der Waals surface area (Å²) in [4.78, 5) is 26.0. The van der Waals surface area contributed by atoms with Gasteiger partial charge in [0.1, 0.15) is 11.6 Å². The largest absolute Gasteiger partial charge is 0.508 e. The summed E-state index contributed by atoms with van der Waals surface area (Å²) < 4.78 is 0. The summed E-state index contributed by atoms with van der Waals surface area (Å²) in [6.45, 7) is 7.65. The van der Waals surface area contributed by atoms with Crippen molar-refractivity contribution in [2.75, 3.05) is 54.1 Å². The van der Waals surface area contributed by atoms with E-state index in [1.54, 1.807) is 36.5 Å². The lowest BCUT2D eigenvalue weighted by Crippen LogP contribution is -2.44. The van der Waals surface area contributed by atoms with Crippen molar-refractivity contribution in [2.24, 2.45) is 0 Å². The van der Waals surface area contributed by atoms with Crippen LogP contribution in [0.3, 0.4) is 0 Å². The molecule has 0 radical (unpaired) electrons. The Balaban J connectivity index is 1.42. The van der Waals surface area contributed by atoms with Gasteiger partial charge in [-0.05, 0) is 67.2 Å². The number of hydrogen-bond donors (Lipinski definition) is 4. The average Bonchev–Trinajstić information content (AvgIpc) is 2.96. The Morgan fingerprint density at radius 2 is 1.62 bits per heavy atom. The van der Waals surface area contributed by atoms with Crippen LogP contribution in [-0.2, 0) is 4.79 Å². The second kappa shape index (κ2) is 11.7. The van der Waals surface area contributed by atoms with Crippen LogP contribution in [0.2, 0.25) is 0 Å². The first-order valence-electron chi connectivity index (χ1n) is 12.7. The highest BCUT2D eigenvalue weighted by Gasteiger charge is 2.15. The van der Waals surface area contributed by atoms with Gasteiger partial charge in [0, 0.05) is 49.3 Å². The van der Waals surface area contributed by atoms with E-state index in [2.05, 4.69) is 56.5 Å². The van der Waals surface area contributed by atoms with Gasteiger partial charge in [0.05, 0.1) is 11.4 Å². The van der Waals surface area contributed by atoms with Crippen LogP contribution in [0.5, 0.6) is 5.75 Å². The lowest BCUT2D eigenvalue weighted by atomic mass is 10.1. The van der Waals surface area contributed by atoms with E-state index in [0.717, 1.165) is 43.0 Å². The molecule has 4 aromatic rings. The quantitative estimate of drug-likeness (QED) is 0.234. The van der Waals surface area contributed by atoms with Gasteiger partial charge in [-0.25, -0.2) is 4.98 Å². The number of carbonyl (C=O) groups excluding carboxylic acids is 1. The standard InChI is InChI=1S/C30H31N7O2/c1-3-28(39)33-26-6-4-5-7-27(26)34-29-25(21-8-14-24(38)15-9-21)20-31-30(35-29)32-22-10-12-23(13-11-22)37-18-16-36(2)17-19-37/h3-15,20,38H,1,16-19H2,2H3,(H,33,39)(H2,31,32,34,35). The maximum atomic E-state index is 12.0. The Hall–Kier alpha value is -4.89. The molecule has 1 aliphatic rings. The fourth-order valence-corrected chi connectivity index (χ4v) is 4.35. The van der Waals surface area contributed by atoms with Crippen LogP contribution < -0.4 is 20.9 Å². The molecule has 1 amide bonds. The minimum absolute atomic E-state index is 0.171. The van der Waals surface area contributed by atoms with Crippen molar-refractivity contribution in [1.29, 1.82) is 0 Å². The third-order valence-electron chi connectivity index (χ3n) is 6.58. The molecular weight excluding hydrogens is 490 g/mol. The molecule has 9 nitrogen and oxygen atoms in total. The van der Waals surface area contributed by atoms with Gasteiger partial charge >= 0.3 is 0 Å². The number of likely N-dealkylation sites (N-methyl/N-ethyl adjacent to an activating group) is 1. The van der Waals surface area contributed by atoms with E-state index in [1.807, 2.05) is 30.3 Å². The van der Waals surface area contributed by atoms with E-state index in [9.17, 15) is 9.90 Å². The summed E-state index contributed by atoms with van der Waals surface area (Å²) in [5.41, 5.74) is 4.87. The van der Waals surface area contributed by atoms with Crippen LogP contribution in [-0.4, -0.2) is 59.1 Å². The molecule has 0 bridgehead atoms. The normalized spacial score (nSPS) is 13.5. The highest BCUT2D eigenvalue weighted by Crippen LogP contribution is 2.33. The first kappa shape index (κ1) is 25.7. The summed E-state index contributed by atoms with van der Waals surface area (Å²) in [7, 11) is 2.15. The Bertz CT molecular complexity index is 1450. The number of para-hydroxylation sites is 2. The number of amides is 1. The zero-order valence-corrected chi connectivity index (χ0v) is 21.8. The highest BCUT2D eigenvalue weighted by molar-refractivity contribution is 6.01. The zero-order valence-electron chi connectivity index (χ0n) is 21.8. The molecule has 3 aromatic carbocycles. The lowest BCUT2D eigenvalue weighted by Gasteiger charge is -2.34. The predicted octanol–water partition coefficient (Wildman–Crippen LogP) is 5.21. The summed E-state index contributed by atoms with van der Waals surface area (Å²) in [6.07, 6.45) is 2.95. The van der Waals surface area contributed by atoms with E-state index >= 15 is 0 Å². The molecule has 5 rings (SSSR count).